The van der Waals surface area contributed by atoms with E-state index in [1.165, 1.54) is 24.4 Å². The van der Waals surface area contributed by atoms with Crippen LogP contribution in [0.25, 0.3) is 21.9 Å². The normalized spacial score (nSPS) is 11.7. The van der Waals surface area contributed by atoms with Gasteiger partial charge in [-0.2, -0.15) is 26.9 Å². The maximum Gasteiger partial charge on any atom is 0.447 e. The Balaban J connectivity index is 1.47. The fraction of sp³-hybridized carbons (Fsp3) is 0.111. The maximum atomic E-state index is 12.4. The van der Waals surface area contributed by atoms with Crippen molar-refractivity contribution in [3.05, 3.63) is 48.4 Å². The van der Waals surface area contributed by atoms with E-state index >= 15 is 0 Å². The Kier molecular flexibility index (Phi) is 6.33. The van der Waals surface area contributed by atoms with Gasteiger partial charge >= 0.3 is 12.1 Å². The van der Waals surface area contributed by atoms with Gasteiger partial charge in [-0.05, 0) is 24.3 Å². The Bertz CT molecular complexity index is 1280. The first-order valence-corrected chi connectivity index (χ1v) is 10.4. The highest BCUT2D eigenvalue weighted by molar-refractivity contribution is 8.00. The molecule has 0 aromatic carbocycles. The average molecular weight is 500 g/mol. The number of rotatable bonds is 6. The van der Waals surface area contributed by atoms with Crippen LogP contribution in [0.5, 0.6) is 5.75 Å². The highest BCUT2D eigenvalue weighted by Gasteiger charge is 2.30. The average Bonchev–Trinajstić information content (AvgIpc) is 3.14. The molecule has 33 heavy (non-hydrogen) atoms. The molecule has 0 bridgehead atoms. The summed E-state index contributed by atoms with van der Waals surface area (Å²) in [5.41, 5.74) is -3.50. The minimum absolute atomic E-state index is 0.0395. The second kappa shape index (κ2) is 9.19. The van der Waals surface area contributed by atoms with Crippen LogP contribution in [-0.4, -0.2) is 42.9 Å². The van der Waals surface area contributed by atoms with Gasteiger partial charge in [0.2, 0.25) is 0 Å². The van der Waals surface area contributed by atoms with E-state index in [0.717, 1.165) is 29.8 Å². The molecule has 1 amide bonds. The number of pyridine rings is 2. The van der Waals surface area contributed by atoms with Crippen molar-refractivity contribution in [3.8, 4) is 17.1 Å². The number of anilines is 1. The van der Waals surface area contributed by atoms with Crippen molar-refractivity contribution in [1.82, 2.24) is 24.9 Å². The third-order valence-electron chi connectivity index (χ3n) is 3.79. The van der Waals surface area contributed by atoms with Gasteiger partial charge in [-0.1, -0.05) is 11.3 Å². The third kappa shape index (κ3) is 5.87. The molecule has 0 atom stereocenters. The summed E-state index contributed by atoms with van der Waals surface area (Å²) in [5, 5.41) is 2.39. The predicted octanol–water partition coefficient (Wildman–Crippen LogP) is 5.01. The number of thiazole rings is 1. The van der Waals surface area contributed by atoms with E-state index in [1.807, 2.05) is 0 Å². The summed E-state index contributed by atoms with van der Waals surface area (Å²) in [5.74, 6) is -0.730. The van der Waals surface area contributed by atoms with Gasteiger partial charge in [0.1, 0.15) is 16.5 Å². The van der Waals surface area contributed by atoms with Crippen molar-refractivity contribution < 1.29 is 31.5 Å². The van der Waals surface area contributed by atoms with Gasteiger partial charge in [-0.15, -0.1) is 0 Å². The van der Waals surface area contributed by atoms with Gasteiger partial charge in [0, 0.05) is 18.0 Å². The monoisotopic (exact) mass is 500 g/mol. The number of hydrogen-bond acceptors (Lipinski definition) is 9. The Morgan fingerprint density at radius 3 is 2.45 bits per heavy atom. The fourth-order valence-corrected chi connectivity index (χ4v) is 3.74. The summed E-state index contributed by atoms with van der Waals surface area (Å²) >= 11 is 0.626. The molecule has 4 rings (SSSR count). The Morgan fingerprint density at radius 1 is 1.00 bits per heavy atom. The van der Waals surface area contributed by atoms with E-state index in [-0.39, 0.29) is 38.9 Å². The number of ether oxygens (including phenoxy) is 1. The van der Waals surface area contributed by atoms with Crippen LogP contribution < -0.4 is 10.1 Å². The van der Waals surface area contributed by atoms with Gasteiger partial charge in [-0.3, -0.25) is 15.1 Å². The summed E-state index contributed by atoms with van der Waals surface area (Å²) in [4.78, 5) is 33.0. The third-order valence-corrected chi connectivity index (χ3v) is 5.32. The molecule has 4 aromatic rings. The number of carbonyl (C=O) groups is 1. The predicted molar refractivity (Wildman–Crippen MR) is 109 cm³/mol. The number of nitrogens with zero attached hydrogens (tertiary/aromatic N) is 5. The highest BCUT2D eigenvalue weighted by Crippen LogP contribution is 2.35. The van der Waals surface area contributed by atoms with Crippen molar-refractivity contribution in [3.63, 3.8) is 0 Å². The number of amides is 1. The molecule has 0 saturated heterocycles. The number of aromatic nitrogens is 5. The van der Waals surface area contributed by atoms with Gasteiger partial charge in [0.25, 0.3) is 5.91 Å². The lowest BCUT2D eigenvalue weighted by atomic mass is 10.3. The molecular formula is C18H9F5N6O2S2. The zero-order valence-electron chi connectivity index (χ0n) is 15.9. The van der Waals surface area contributed by atoms with Crippen molar-refractivity contribution in [2.75, 3.05) is 5.32 Å². The van der Waals surface area contributed by atoms with Crippen molar-refractivity contribution in [1.29, 1.82) is 0 Å². The van der Waals surface area contributed by atoms with Gasteiger partial charge < -0.3 is 4.74 Å². The lowest BCUT2D eigenvalue weighted by Crippen LogP contribution is -2.12. The topological polar surface area (TPSA) is 103 Å². The largest absolute Gasteiger partial charge is 0.447 e. The van der Waals surface area contributed by atoms with Gasteiger partial charge in [0.15, 0.2) is 15.6 Å². The summed E-state index contributed by atoms with van der Waals surface area (Å²) in [6, 6.07) is 5.05. The van der Waals surface area contributed by atoms with Crippen LogP contribution in [0.2, 0.25) is 0 Å². The van der Waals surface area contributed by atoms with Gasteiger partial charge in [-0.25, -0.2) is 15.0 Å². The molecule has 0 aliphatic rings. The van der Waals surface area contributed by atoms with Crippen LogP contribution in [0.15, 0.2) is 47.9 Å². The van der Waals surface area contributed by atoms with Crippen LogP contribution in [0.1, 0.15) is 10.4 Å². The molecule has 0 aliphatic carbocycles. The first-order valence-electron chi connectivity index (χ1n) is 8.74. The molecule has 0 fully saturated rings. The smallest absolute Gasteiger partial charge is 0.433 e. The van der Waals surface area contributed by atoms with Gasteiger partial charge in [0.05, 0.1) is 23.7 Å². The number of halogens is 5. The minimum atomic E-state index is -4.48. The molecule has 0 unspecified atom stereocenters. The second-order valence-corrected chi connectivity index (χ2v) is 8.11. The SMILES string of the molecule is O=C(Nc1nc2ncc(-c3ccc(OC(F)F)cn3)nc2s1)c1ccc(SC(F)(F)F)nc1. The fourth-order valence-electron chi connectivity index (χ4n) is 2.47. The number of nitrogens with one attached hydrogen (secondary N) is 1. The standard InChI is InChI=1S/C18H9F5N6O2S2/c19-16(20)31-9-2-3-10(24-6-9)11-7-26-13-15(27-11)32-17(28-13)29-14(30)8-1-4-12(25-5-8)33-18(21,22)23/h1-7,16H,(H,26,28,29,30). The summed E-state index contributed by atoms with van der Waals surface area (Å²) < 4.78 is 65.9. The minimum Gasteiger partial charge on any atom is -0.433 e. The van der Waals surface area contributed by atoms with E-state index in [0.29, 0.717) is 16.2 Å². The molecule has 0 saturated carbocycles. The number of alkyl halides is 5. The molecule has 4 aromatic heterocycles. The first kappa shape index (κ1) is 22.7. The summed E-state index contributed by atoms with van der Waals surface area (Å²) in [6.07, 6.45) is 3.53. The molecule has 8 nitrogen and oxygen atoms in total. The molecule has 15 heteroatoms. The number of thioether (sulfide) groups is 1. The summed E-state index contributed by atoms with van der Waals surface area (Å²) in [7, 11) is 0. The Hall–Kier alpha value is -3.46. The Morgan fingerprint density at radius 2 is 1.82 bits per heavy atom. The first-order chi connectivity index (χ1) is 15.7. The van der Waals surface area contributed by atoms with E-state index in [9.17, 15) is 26.7 Å². The molecule has 1 N–H and O–H groups in total. The molecule has 170 valence electrons. The second-order valence-electron chi connectivity index (χ2n) is 6.05. The Labute approximate surface area is 189 Å². The highest BCUT2D eigenvalue weighted by atomic mass is 32.2. The number of fused-ring (bicyclic) bond motifs is 1. The van der Waals surface area contributed by atoms with Crippen LogP contribution >= 0.6 is 23.1 Å². The van der Waals surface area contributed by atoms with E-state index < -0.39 is 18.0 Å². The van der Waals surface area contributed by atoms with Crippen LogP contribution in [0, 0.1) is 0 Å². The number of hydrogen-bond donors (Lipinski definition) is 1. The van der Waals surface area contributed by atoms with E-state index in [1.54, 1.807) is 0 Å². The lowest BCUT2D eigenvalue weighted by Gasteiger charge is -2.05. The number of carbonyl (C=O) groups excluding carboxylic acids is 1. The van der Waals surface area contributed by atoms with E-state index in [4.69, 9.17) is 0 Å². The maximum absolute atomic E-state index is 12.4. The van der Waals surface area contributed by atoms with Crippen LogP contribution in [0.3, 0.4) is 0 Å². The van der Waals surface area contributed by atoms with Crippen molar-refractivity contribution in [2.45, 2.75) is 17.1 Å². The molecule has 4 heterocycles. The van der Waals surface area contributed by atoms with Crippen molar-refractivity contribution in [2.24, 2.45) is 0 Å². The zero-order chi connectivity index (χ0) is 23.6. The molecule has 0 aliphatic heterocycles. The molecule has 0 radical (unpaired) electrons. The van der Waals surface area contributed by atoms with Crippen LogP contribution in [-0.2, 0) is 0 Å². The lowest BCUT2D eigenvalue weighted by molar-refractivity contribution is -0.0501. The van der Waals surface area contributed by atoms with Crippen LogP contribution in [0.4, 0.5) is 27.1 Å². The van der Waals surface area contributed by atoms with E-state index in [2.05, 4.69) is 35.0 Å². The van der Waals surface area contributed by atoms with Crippen molar-refractivity contribution >= 4 is 44.6 Å². The quantitative estimate of drug-likeness (QED) is 0.291. The molecule has 0 spiro atoms. The zero-order valence-corrected chi connectivity index (χ0v) is 17.5. The molecular weight excluding hydrogens is 491 g/mol. The summed E-state index contributed by atoms with van der Waals surface area (Å²) in [6.45, 7) is -2.97.